The lowest BCUT2D eigenvalue weighted by atomic mass is 10.2. The summed E-state index contributed by atoms with van der Waals surface area (Å²) in [7, 11) is 1.53. The first kappa shape index (κ1) is 15.9. The highest BCUT2D eigenvalue weighted by Crippen LogP contribution is 2.16. The molecular weight excluding hydrogens is 270 g/mol. The average molecular weight is 290 g/mol. The van der Waals surface area contributed by atoms with Gasteiger partial charge in [0.2, 0.25) is 0 Å². The standard InChI is InChI=1S/C12H20ClN3O3/c1-8(2)5-16-12(18)11(13)10(4-14-16)15-9(6-17)7-19-3/h4,8-9,15,17H,5-7H2,1-3H3. The second-order valence-electron chi connectivity index (χ2n) is 4.73. The Hall–Kier alpha value is -1.11. The quantitative estimate of drug-likeness (QED) is 0.782. The van der Waals surface area contributed by atoms with E-state index in [0.717, 1.165) is 0 Å². The summed E-state index contributed by atoms with van der Waals surface area (Å²) in [5, 5.41) is 16.2. The van der Waals surface area contributed by atoms with Crippen molar-refractivity contribution in [3.8, 4) is 0 Å². The SMILES string of the molecule is COCC(CO)Nc1cnn(CC(C)C)c(=O)c1Cl. The Morgan fingerprint density at radius 1 is 1.58 bits per heavy atom. The molecule has 0 spiro atoms. The van der Waals surface area contributed by atoms with Gasteiger partial charge in [-0.15, -0.1) is 0 Å². The number of anilines is 1. The molecule has 0 saturated carbocycles. The molecule has 1 heterocycles. The maximum atomic E-state index is 12.0. The highest BCUT2D eigenvalue weighted by molar-refractivity contribution is 6.32. The van der Waals surface area contributed by atoms with Crippen LogP contribution >= 0.6 is 11.6 Å². The van der Waals surface area contributed by atoms with Crippen LogP contribution in [0.15, 0.2) is 11.0 Å². The first-order valence-electron chi connectivity index (χ1n) is 6.11. The molecule has 6 nitrogen and oxygen atoms in total. The monoisotopic (exact) mass is 289 g/mol. The Kier molecular flexibility index (Phi) is 6.27. The van der Waals surface area contributed by atoms with E-state index in [-0.39, 0.29) is 23.2 Å². The molecule has 7 heteroatoms. The predicted molar refractivity (Wildman–Crippen MR) is 74.7 cm³/mol. The molecule has 0 bridgehead atoms. The highest BCUT2D eigenvalue weighted by atomic mass is 35.5. The molecular formula is C12H20ClN3O3. The lowest BCUT2D eigenvalue weighted by Crippen LogP contribution is -2.31. The van der Waals surface area contributed by atoms with Crippen molar-refractivity contribution in [3.63, 3.8) is 0 Å². The predicted octanol–water partition coefficient (Wildman–Crippen LogP) is 0.972. The van der Waals surface area contributed by atoms with E-state index in [9.17, 15) is 4.79 Å². The topological polar surface area (TPSA) is 76.4 Å². The number of rotatable bonds is 7. The molecule has 0 aromatic carbocycles. The van der Waals surface area contributed by atoms with Crippen molar-refractivity contribution in [1.29, 1.82) is 0 Å². The zero-order chi connectivity index (χ0) is 14.4. The van der Waals surface area contributed by atoms with E-state index in [1.54, 1.807) is 0 Å². The number of methoxy groups -OCH3 is 1. The van der Waals surface area contributed by atoms with Crippen LogP contribution in [-0.4, -0.2) is 41.3 Å². The largest absolute Gasteiger partial charge is 0.394 e. The summed E-state index contributed by atoms with van der Waals surface area (Å²) in [6.07, 6.45) is 1.49. The van der Waals surface area contributed by atoms with Gasteiger partial charge in [0.1, 0.15) is 5.02 Å². The number of hydrogen-bond donors (Lipinski definition) is 2. The molecule has 0 fully saturated rings. The second-order valence-corrected chi connectivity index (χ2v) is 5.11. The molecule has 2 N–H and O–H groups in total. The molecule has 108 valence electrons. The molecule has 1 rings (SSSR count). The normalized spacial score (nSPS) is 12.7. The Morgan fingerprint density at radius 3 is 2.79 bits per heavy atom. The summed E-state index contributed by atoms with van der Waals surface area (Å²) >= 11 is 6.02. The molecule has 0 radical (unpaired) electrons. The van der Waals surface area contributed by atoms with E-state index in [4.69, 9.17) is 21.4 Å². The van der Waals surface area contributed by atoms with Gasteiger partial charge in [0.15, 0.2) is 0 Å². The van der Waals surface area contributed by atoms with Gasteiger partial charge in [-0.05, 0) is 5.92 Å². The van der Waals surface area contributed by atoms with Crippen LogP contribution in [0.4, 0.5) is 5.69 Å². The highest BCUT2D eigenvalue weighted by Gasteiger charge is 2.14. The number of nitrogens with one attached hydrogen (secondary N) is 1. The number of nitrogens with zero attached hydrogens (tertiary/aromatic N) is 2. The van der Waals surface area contributed by atoms with Gasteiger partial charge in [-0.1, -0.05) is 25.4 Å². The summed E-state index contributed by atoms with van der Waals surface area (Å²) in [4.78, 5) is 12.0. The maximum Gasteiger partial charge on any atom is 0.287 e. The number of aliphatic hydroxyl groups is 1. The zero-order valence-corrected chi connectivity index (χ0v) is 12.1. The van der Waals surface area contributed by atoms with Gasteiger partial charge in [0.25, 0.3) is 5.56 Å². The molecule has 0 aliphatic rings. The van der Waals surface area contributed by atoms with Gasteiger partial charge in [-0.3, -0.25) is 4.79 Å². The minimum Gasteiger partial charge on any atom is -0.394 e. The van der Waals surface area contributed by atoms with Gasteiger partial charge >= 0.3 is 0 Å². The first-order chi connectivity index (χ1) is 8.99. The Labute approximate surface area is 117 Å². The van der Waals surface area contributed by atoms with Crippen LogP contribution in [0.5, 0.6) is 0 Å². The minimum absolute atomic E-state index is 0.0743. The Bertz CT molecular complexity index is 462. The summed E-state index contributed by atoms with van der Waals surface area (Å²) in [6.45, 7) is 4.69. The van der Waals surface area contributed by atoms with E-state index in [1.807, 2.05) is 13.8 Å². The van der Waals surface area contributed by atoms with Gasteiger partial charge in [-0.25, -0.2) is 4.68 Å². The molecule has 0 saturated heterocycles. The third-order valence-electron chi connectivity index (χ3n) is 2.47. The minimum atomic E-state index is -0.338. The van der Waals surface area contributed by atoms with Crippen LogP contribution in [0, 0.1) is 5.92 Å². The lowest BCUT2D eigenvalue weighted by Gasteiger charge is -2.17. The van der Waals surface area contributed by atoms with Crippen LogP contribution in [0.3, 0.4) is 0 Å². The van der Waals surface area contributed by atoms with Crippen molar-refractivity contribution in [2.45, 2.75) is 26.4 Å². The number of ether oxygens (including phenoxy) is 1. The van der Waals surface area contributed by atoms with Crippen LogP contribution in [0.25, 0.3) is 0 Å². The molecule has 0 amide bonds. The smallest absolute Gasteiger partial charge is 0.287 e. The summed E-state index contributed by atoms with van der Waals surface area (Å²) in [6, 6.07) is -0.329. The third kappa shape index (κ3) is 4.49. The molecule has 1 aromatic rings. The fourth-order valence-electron chi connectivity index (χ4n) is 1.60. The maximum absolute atomic E-state index is 12.0. The van der Waals surface area contributed by atoms with Gasteiger partial charge < -0.3 is 15.2 Å². The number of aromatic nitrogens is 2. The average Bonchev–Trinajstić information content (AvgIpc) is 2.37. The van der Waals surface area contributed by atoms with E-state index >= 15 is 0 Å². The van der Waals surface area contributed by atoms with E-state index in [1.165, 1.54) is 18.0 Å². The van der Waals surface area contributed by atoms with Crippen molar-refractivity contribution in [2.24, 2.45) is 5.92 Å². The van der Waals surface area contributed by atoms with Crippen molar-refractivity contribution in [2.75, 3.05) is 25.6 Å². The van der Waals surface area contributed by atoms with Crippen molar-refractivity contribution < 1.29 is 9.84 Å². The number of aliphatic hydroxyl groups excluding tert-OH is 1. The summed E-state index contributed by atoms with van der Waals surface area (Å²) in [5.74, 6) is 0.304. The summed E-state index contributed by atoms with van der Waals surface area (Å²) in [5.41, 5.74) is 0.0669. The van der Waals surface area contributed by atoms with Gasteiger partial charge in [-0.2, -0.15) is 5.10 Å². The van der Waals surface area contributed by atoms with Crippen molar-refractivity contribution in [1.82, 2.24) is 9.78 Å². The van der Waals surface area contributed by atoms with Crippen LogP contribution < -0.4 is 10.9 Å². The van der Waals surface area contributed by atoms with Crippen LogP contribution in [-0.2, 0) is 11.3 Å². The zero-order valence-electron chi connectivity index (χ0n) is 11.4. The number of halogens is 1. The van der Waals surface area contributed by atoms with Crippen molar-refractivity contribution in [3.05, 3.63) is 21.6 Å². The van der Waals surface area contributed by atoms with E-state index in [2.05, 4.69) is 10.4 Å². The molecule has 1 atom stereocenters. The molecule has 0 aliphatic heterocycles. The van der Waals surface area contributed by atoms with Gasteiger partial charge in [0.05, 0.1) is 31.1 Å². The van der Waals surface area contributed by atoms with Crippen LogP contribution in [0.2, 0.25) is 5.02 Å². The van der Waals surface area contributed by atoms with E-state index in [0.29, 0.717) is 24.8 Å². The van der Waals surface area contributed by atoms with Crippen LogP contribution in [0.1, 0.15) is 13.8 Å². The second kappa shape index (κ2) is 7.47. The molecule has 1 unspecified atom stereocenters. The Morgan fingerprint density at radius 2 is 2.26 bits per heavy atom. The lowest BCUT2D eigenvalue weighted by molar-refractivity contribution is 0.153. The van der Waals surface area contributed by atoms with E-state index < -0.39 is 0 Å². The third-order valence-corrected chi connectivity index (χ3v) is 2.84. The molecule has 1 aromatic heterocycles. The number of hydrogen-bond acceptors (Lipinski definition) is 5. The summed E-state index contributed by atoms with van der Waals surface area (Å²) < 4.78 is 6.28. The van der Waals surface area contributed by atoms with Crippen molar-refractivity contribution >= 4 is 17.3 Å². The Balaban J connectivity index is 2.92. The van der Waals surface area contributed by atoms with Gasteiger partial charge in [0, 0.05) is 13.7 Å². The molecule has 19 heavy (non-hydrogen) atoms. The fourth-order valence-corrected chi connectivity index (χ4v) is 1.80. The first-order valence-corrected chi connectivity index (χ1v) is 6.49. The molecule has 0 aliphatic carbocycles. The fraction of sp³-hybridized carbons (Fsp3) is 0.667.